The molecule has 1 fully saturated rings. The fourth-order valence-corrected chi connectivity index (χ4v) is 4.59. The highest BCUT2D eigenvalue weighted by Crippen LogP contribution is 2.48. The minimum atomic E-state index is -1.10. The molecule has 0 radical (unpaired) electrons. The van der Waals surface area contributed by atoms with E-state index in [1.807, 2.05) is 0 Å². The molecule has 4 atom stereocenters. The topological polar surface area (TPSA) is 142 Å². The maximum Gasteiger partial charge on any atom is 0.372 e. The van der Waals surface area contributed by atoms with Crippen LogP contribution in [0.1, 0.15) is 30.1 Å². The van der Waals surface area contributed by atoms with Crippen molar-refractivity contribution in [3.05, 3.63) is 67.8 Å². The van der Waals surface area contributed by atoms with Crippen LogP contribution < -0.4 is 0 Å². The lowest BCUT2D eigenvalue weighted by atomic mass is 9.57. The lowest BCUT2D eigenvalue weighted by Crippen LogP contribution is -2.47. The van der Waals surface area contributed by atoms with E-state index in [0.29, 0.717) is 17.4 Å². The molecule has 1 saturated carbocycles. The van der Waals surface area contributed by atoms with Crippen LogP contribution in [0.5, 0.6) is 0 Å². The number of ketones is 1. The van der Waals surface area contributed by atoms with Crippen LogP contribution >= 0.6 is 0 Å². The van der Waals surface area contributed by atoms with Gasteiger partial charge in [0.1, 0.15) is 5.56 Å². The molecule has 0 amide bonds. The Labute approximate surface area is 170 Å². The number of nitro benzene ring substituents is 2. The Morgan fingerprint density at radius 2 is 1.77 bits per heavy atom. The van der Waals surface area contributed by atoms with Gasteiger partial charge < -0.3 is 4.84 Å². The highest BCUT2D eigenvalue weighted by atomic mass is 16.7. The van der Waals surface area contributed by atoms with Crippen LogP contribution in [0.15, 0.2) is 47.2 Å². The van der Waals surface area contributed by atoms with E-state index in [0.717, 1.165) is 25.0 Å². The van der Waals surface area contributed by atoms with E-state index in [4.69, 9.17) is 4.84 Å². The van der Waals surface area contributed by atoms with Crippen molar-refractivity contribution in [1.29, 1.82) is 0 Å². The summed E-state index contributed by atoms with van der Waals surface area (Å²) >= 11 is 0. The first-order valence-corrected chi connectivity index (χ1v) is 9.41. The summed E-state index contributed by atoms with van der Waals surface area (Å²) in [7, 11) is 0. The van der Waals surface area contributed by atoms with Gasteiger partial charge in [-0.2, -0.15) is 0 Å². The van der Waals surface area contributed by atoms with Crippen LogP contribution in [0.4, 0.5) is 11.4 Å². The summed E-state index contributed by atoms with van der Waals surface area (Å²) in [6.45, 7) is 1.68. The number of fused-ring (bicyclic) bond motifs is 1. The number of oxime groups is 1. The largest absolute Gasteiger partial charge is 0.372 e. The molecule has 0 saturated heterocycles. The normalized spacial score (nSPS) is 28.1. The van der Waals surface area contributed by atoms with Gasteiger partial charge in [0.25, 0.3) is 11.4 Å². The van der Waals surface area contributed by atoms with Crippen LogP contribution in [0.25, 0.3) is 0 Å². The van der Waals surface area contributed by atoms with Crippen LogP contribution in [0.3, 0.4) is 0 Å². The number of non-ortho nitro benzene ring substituents is 1. The van der Waals surface area contributed by atoms with Crippen molar-refractivity contribution >= 4 is 28.8 Å². The van der Waals surface area contributed by atoms with E-state index in [2.05, 4.69) is 17.3 Å². The van der Waals surface area contributed by atoms with Crippen molar-refractivity contribution in [3.8, 4) is 0 Å². The average molecular weight is 411 g/mol. The quantitative estimate of drug-likeness (QED) is 0.320. The number of Topliss-reactive ketones (excluding diaryl/α,β-unsaturated/α-hetero) is 1. The van der Waals surface area contributed by atoms with Gasteiger partial charge in [-0.05, 0) is 49.3 Å². The number of benzene rings is 1. The minimum absolute atomic E-state index is 0.0651. The second kappa shape index (κ2) is 7.29. The first-order chi connectivity index (χ1) is 14.3. The molecule has 1 aromatic rings. The van der Waals surface area contributed by atoms with Crippen molar-refractivity contribution in [2.45, 2.75) is 19.8 Å². The van der Waals surface area contributed by atoms with E-state index < -0.39 is 32.8 Å². The predicted molar refractivity (Wildman–Crippen MR) is 104 cm³/mol. The number of rotatable bonds is 4. The lowest BCUT2D eigenvalue weighted by molar-refractivity contribution is -0.394. The molecule has 1 aromatic carbocycles. The molecule has 30 heavy (non-hydrogen) atoms. The highest BCUT2D eigenvalue weighted by Gasteiger charge is 2.48. The molecule has 0 heterocycles. The molecule has 2 bridgehead atoms. The Kier molecular flexibility index (Phi) is 4.76. The second-order valence-corrected chi connectivity index (χ2v) is 7.64. The van der Waals surface area contributed by atoms with Gasteiger partial charge in [0.15, 0.2) is 5.78 Å². The Morgan fingerprint density at radius 1 is 1.10 bits per heavy atom. The van der Waals surface area contributed by atoms with Crippen molar-refractivity contribution in [1.82, 2.24) is 0 Å². The molecule has 0 aliphatic heterocycles. The molecule has 0 spiro atoms. The molecule has 5 rings (SSSR count). The smallest absolute Gasteiger partial charge is 0.312 e. The number of allylic oxidation sites excluding steroid dienone is 4. The number of hydrogen-bond donors (Lipinski definition) is 0. The fourth-order valence-electron chi connectivity index (χ4n) is 4.59. The van der Waals surface area contributed by atoms with Crippen LogP contribution in [-0.2, 0) is 9.63 Å². The zero-order valence-corrected chi connectivity index (χ0v) is 15.9. The van der Waals surface area contributed by atoms with Gasteiger partial charge in [-0.25, -0.2) is 4.79 Å². The second-order valence-electron chi connectivity index (χ2n) is 7.64. The monoisotopic (exact) mass is 411 g/mol. The van der Waals surface area contributed by atoms with Gasteiger partial charge >= 0.3 is 5.97 Å². The maximum absolute atomic E-state index is 12.7. The average Bonchev–Trinajstić information content (AvgIpc) is 2.74. The number of nitrogens with zero attached hydrogens (tertiary/aromatic N) is 3. The first kappa shape index (κ1) is 19.6. The third kappa shape index (κ3) is 3.19. The van der Waals surface area contributed by atoms with Gasteiger partial charge in [0, 0.05) is 17.9 Å². The Balaban J connectivity index is 1.64. The van der Waals surface area contributed by atoms with E-state index in [1.54, 1.807) is 13.0 Å². The predicted octanol–water partition coefficient (Wildman–Crippen LogP) is 3.37. The number of carbonyl (C=O) groups excluding carboxylic acids is 2. The van der Waals surface area contributed by atoms with E-state index in [-0.39, 0.29) is 29.5 Å². The summed E-state index contributed by atoms with van der Waals surface area (Å²) in [6, 6.07) is 2.66. The Bertz CT molecular complexity index is 1070. The molecule has 4 aliphatic carbocycles. The number of carbonyl (C=O) groups is 2. The summed E-state index contributed by atoms with van der Waals surface area (Å²) in [5.74, 6) is -1.25. The molecule has 0 aromatic heterocycles. The van der Waals surface area contributed by atoms with Gasteiger partial charge in [0.2, 0.25) is 0 Å². The van der Waals surface area contributed by atoms with Crippen molar-refractivity contribution in [2.75, 3.05) is 0 Å². The molecule has 10 heteroatoms. The molecule has 4 aliphatic rings. The highest BCUT2D eigenvalue weighted by molar-refractivity contribution is 6.13. The van der Waals surface area contributed by atoms with Gasteiger partial charge in [-0.3, -0.25) is 25.0 Å². The number of hydrogen-bond acceptors (Lipinski definition) is 8. The third-order valence-electron chi connectivity index (χ3n) is 5.99. The van der Waals surface area contributed by atoms with Crippen LogP contribution in [-0.4, -0.2) is 27.3 Å². The Hall–Kier alpha value is -3.69. The summed E-state index contributed by atoms with van der Waals surface area (Å²) in [5, 5.41) is 26.0. The zero-order valence-electron chi connectivity index (χ0n) is 15.9. The zero-order chi connectivity index (χ0) is 21.6. The van der Waals surface area contributed by atoms with Crippen molar-refractivity contribution < 1.29 is 24.3 Å². The van der Waals surface area contributed by atoms with Crippen LogP contribution in [0, 0.1) is 43.9 Å². The van der Waals surface area contributed by atoms with Crippen molar-refractivity contribution in [3.63, 3.8) is 0 Å². The SMILES string of the molecule is CC1=CC(=NOC(=O)c2ccc([N+](=O)[O-])cc2[N+](=O)[O-])[C@@H]2[C@@H](C1=O)[C@H]1C=C[C@H]2CC1. The van der Waals surface area contributed by atoms with Gasteiger partial charge in [-0.1, -0.05) is 17.3 Å². The van der Waals surface area contributed by atoms with E-state index >= 15 is 0 Å². The lowest BCUT2D eigenvalue weighted by Gasteiger charge is -2.45. The molecular weight excluding hydrogens is 394 g/mol. The van der Waals surface area contributed by atoms with E-state index in [9.17, 15) is 29.8 Å². The molecule has 10 nitrogen and oxygen atoms in total. The van der Waals surface area contributed by atoms with Gasteiger partial charge in [-0.15, -0.1) is 0 Å². The summed E-state index contributed by atoms with van der Waals surface area (Å²) < 4.78 is 0. The Morgan fingerprint density at radius 3 is 2.37 bits per heavy atom. The van der Waals surface area contributed by atoms with Gasteiger partial charge in [0.05, 0.1) is 21.6 Å². The summed E-state index contributed by atoms with van der Waals surface area (Å²) in [4.78, 5) is 50.5. The minimum Gasteiger partial charge on any atom is -0.312 e. The summed E-state index contributed by atoms with van der Waals surface area (Å²) in [6.07, 6.45) is 7.55. The third-order valence-corrected chi connectivity index (χ3v) is 5.99. The molecule has 0 unspecified atom stereocenters. The summed E-state index contributed by atoms with van der Waals surface area (Å²) in [5.41, 5.74) is -0.717. The molecule has 0 N–H and O–H groups in total. The number of nitro groups is 2. The van der Waals surface area contributed by atoms with E-state index in [1.165, 1.54) is 0 Å². The molecule has 154 valence electrons. The van der Waals surface area contributed by atoms with Crippen molar-refractivity contribution in [2.24, 2.45) is 28.8 Å². The molecular formula is C20H17N3O7. The maximum atomic E-state index is 12.7. The fraction of sp³-hybridized carbons (Fsp3) is 0.350. The first-order valence-electron chi connectivity index (χ1n) is 9.41. The van der Waals surface area contributed by atoms with Crippen LogP contribution in [0.2, 0.25) is 0 Å². The standard InChI is InChI=1S/C20H17N3O7/c1-10-8-15(17-11-2-4-12(5-3-11)18(17)19(10)24)21-30-20(25)14-7-6-13(22(26)27)9-16(14)23(28)29/h2,4,6-9,11-12,17-18H,3,5H2,1H3/t11-,12-,17+,18-/m0/s1.